The number of alkyl halides is 2. The summed E-state index contributed by atoms with van der Waals surface area (Å²) in [7, 11) is 0. The lowest BCUT2D eigenvalue weighted by Gasteiger charge is -2.38. The number of carbonyl (C=O) groups is 1. The highest BCUT2D eigenvalue weighted by molar-refractivity contribution is 5.68. The second-order valence-electron chi connectivity index (χ2n) is 7.33. The Bertz CT molecular complexity index is 809. The summed E-state index contributed by atoms with van der Waals surface area (Å²) in [4.78, 5) is 21.3. The van der Waals surface area contributed by atoms with Crippen molar-refractivity contribution in [1.82, 2.24) is 14.9 Å². The molecule has 4 rings (SSSR count). The molecule has 1 saturated heterocycles. The average Bonchev–Trinajstić information content (AvgIpc) is 3.09. The highest BCUT2D eigenvalue weighted by Gasteiger charge is 2.46. The van der Waals surface area contributed by atoms with Crippen LogP contribution in [0.3, 0.4) is 0 Å². The number of rotatable bonds is 4. The molecule has 8 heteroatoms. The van der Waals surface area contributed by atoms with Gasteiger partial charge in [-0.2, -0.15) is 0 Å². The predicted octanol–water partition coefficient (Wildman–Crippen LogP) is 3.15. The molecule has 1 atom stereocenters. The van der Waals surface area contributed by atoms with Crippen LogP contribution in [0, 0.1) is 5.92 Å². The van der Waals surface area contributed by atoms with Crippen LogP contribution < -0.4 is 5.32 Å². The number of carbonyl (C=O) groups excluding carboxylic acids is 1. The molecule has 1 fully saturated rings. The summed E-state index contributed by atoms with van der Waals surface area (Å²) in [6, 6.07) is 9.54. The second kappa shape index (κ2) is 7.69. The molecule has 1 aliphatic carbocycles. The molecule has 1 aliphatic heterocycles. The van der Waals surface area contributed by atoms with Gasteiger partial charge < -0.3 is 15.0 Å². The SMILES string of the molecule is O=C(OC1Cc2ccccc2C1)N1CCC(CNc2ccncn2)C(F)(F)C1. The smallest absolute Gasteiger partial charge is 0.410 e. The Kier molecular flexibility index (Phi) is 5.11. The van der Waals surface area contributed by atoms with Crippen molar-refractivity contribution >= 4 is 11.9 Å². The van der Waals surface area contributed by atoms with Crippen LogP contribution in [0.4, 0.5) is 19.4 Å². The van der Waals surface area contributed by atoms with E-state index in [2.05, 4.69) is 15.3 Å². The van der Waals surface area contributed by atoms with E-state index < -0.39 is 24.5 Å². The maximum absolute atomic E-state index is 14.6. The van der Waals surface area contributed by atoms with E-state index in [1.165, 1.54) is 6.33 Å². The standard InChI is InChI=1S/C20H22F2N4O2/c21-20(22)12-26(8-6-16(20)11-24-18-5-7-23-13-25-18)19(27)28-17-9-14-3-1-2-4-15(14)10-17/h1-5,7,13,16-17H,6,8-12H2,(H,23,24,25). The van der Waals surface area contributed by atoms with Gasteiger partial charge >= 0.3 is 6.09 Å². The first kappa shape index (κ1) is 18.6. The number of amides is 1. The van der Waals surface area contributed by atoms with Crippen molar-refractivity contribution in [3.63, 3.8) is 0 Å². The van der Waals surface area contributed by atoms with Crippen molar-refractivity contribution in [2.75, 3.05) is 25.0 Å². The molecule has 2 aliphatic rings. The molecule has 0 spiro atoms. The summed E-state index contributed by atoms with van der Waals surface area (Å²) in [6.45, 7) is -0.281. The third-order valence-electron chi connectivity index (χ3n) is 5.40. The zero-order chi connectivity index (χ0) is 19.6. The quantitative estimate of drug-likeness (QED) is 0.872. The van der Waals surface area contributed by atoms with E-state index >= 15 is 0 Å². The van der Waals surface area contributed by atoms with E-state index in [9.17, 15) is 13.6 Å². The summed E-state index contributed by atoms with van der Waals surface area (Å²) in [5, 5.41) is 2.92. The normalized spacial score (nSPS) is 21.2. The number of benzene rings is 1. The van der Waals surface area contributed by atoms with E-state index in [1.807, 2.05) is 24.3 Å². The van der Waals surface area contributed by atoms with Gasteiger partial charge in [0, 0.05) is 38.0 Å². The predicted molar refractivity (Wildman–Crippen MR) is 99.3 cm³/mol. The van der Waals surface area contributed by atoms with Crippen LogP contribution in [-0.4, -0.2) is 52.6 Å². The summed E-state index contributed by atoms with van der Waals surface area (Å²) < 4.78 is 34.7. The van der Waals surface area contributed by atoms with Crippen molar-refractivity contribution in [3.8, 4) is 0 Å². The molecular formula is C20H22F2N4O2. The first-order valence-corrected chi connectivity index (χ1v) is 9.41. The first-order chi connectivity index (χ1) is 13.5. The molecule has 2 heterocycles. The first-order valence-electron chi connectivity index (χ1n) is 9.41. The minimum absolute atomic E-state index is 0.0881. The van der Waals surface area contributed by atoms with Crippen LogP contribution >= 0.6 is 0 Å². The monoisotopic (exact) mass is 388 g/mol. The summed E-state index contributed by atoms with van der Waals surface area (Å²) in [6.07, 6.45) is 3.45. The Morgan fingerprint density at radius 3 is 2.64 bits per heavy atom. The van der Waals surface area contributed by atoms with Gasteiger partial charge in [-0.05, 0) is 23.6 Å². The lowest BCUT2D eigenvalue weighted by molar-refractivity contribution is -0.103. The molecule has 6 nitrogen and oxygen atoms in total. The van der Waals surface area contributed by atoms with Crippen LogP contribution in [0.15, 0.2) is 42.9 Å². The van der Waals surface area contributed by atoms with Crippen LogP contribution in [0.1, 0.15) is 17.5 Å². The number of nitrogens with one attached hydrogen (secondary N) is 1. The van der Waals surface area contributed by atoms with Crippen molar-refractivity contribution in [3.05, 3.63) is 54.0 Å². The fourth-order valence-corrected chi connectivity index (χ4v) is 3.83. The molecule has 1 N–H and O–H groups in total. The Morgan fingerprint density at radius 1 is 1.25 bits per heavy atom. The zero-order valence-electron chi connectivity index (χ0n) is 15.4. The van der Waals surface area contributed by atoms with Gasteiger partial charge in [-0.25, -0.2) is 23.5 Å². The molecule has 0 saturated carbocycles. The molecule has 1 amide bonds. The van der Waals surface area contributed by atoms with Gasteiger partial charge in [0.05, 0.1) is 6.54 Å². The van der Waals surface area contributed by atoms with Crippen LogP contribution in [0.5, 0.6) is 0 Å². The number of fused-ring (bicyclic) bond motifs is 1. The fourth-order valence-electron chi connectivity index (χ4n) is 3.83. The van der Waals surface area contributed by atoms with Gasteiger partial charge in [0.1, 0.15) is 18.2 Å². The number of hydrogen-bond donors (Lipinski definition) is 1. The number of halogens is 2. The third kappa shape index (κ3) is 4.05. The lowest BCUT2D eigenvalue weighted by atomic mass is 9.93. The van der Waals surface area contributed by atoms with Gasteiger partial charge in [-0.15, -0.1) is 0 Å². The molecule has 1 unspecified atom stereocenters. The molecule has 1 aromatic heterocycles. The number of ether oxygens (including phenoxy) is 1. The second-order valence-corrected chi connectivity index (χ2v) is 7.33. The van der Waals surface area contributed by atoms with Crippen LogP contribution in [0.25, 0.3) is 0 Å². The van der Waals surface area contributed by atoms with E-state index in [1.54, 1.807) is 12.3 Å². The van der Waals surface area contributed by atoms with Gasteiger partial charge in [0.25, 0.3) is 5.92 Å². The Morgan fingerprint density at radius 2 is 2.00 bits per heavy atom. The highest BCUT2D eigenvalue weighted by Crippen LogP contribution is 2.34. The molecule has 0 bridgehead atoms. The van der Waals surface area contributed by atoms with Crippen molar-refractivity contribution in [2.24, 2.45) is 5.92 Å². The number of likely N-dealkylation sites (tertiary alicyclic amines) is 1. The maximum atomic E-state index is 14.6. The third-order valence-corrected chi connectivity index (χ3v) is 5.40. The van der Waals surface area contributed by atoms with Gasteiger partial charge in [0.15, 0.2) is 0 Å². The van der Waals surface area contributed by atoms with Gasteiger partial charge in [-0.3, -0.25) is 0 Å². The number of nitrogens with zero attached hydrogens (tertiary/aromatic N) is 3. The van der Waals surface area contributed by atoms with Crippen LogP contribution in [-0.2, 0) is 17.6 Å². The number of hydrogen-bond acceptors (Lipinski definition) is 5. The zero-order valence-corrected chi connectivity index (χ0v) is 15.4. The van der Waals surface area contributed by atoms with Crippen molar-refractivity contribution < 1.29 is 18.3 Å². The summed E-state index contributed by atoms with van der Waals surface area (Å²) >= 11 is 0. The number of anilines is 1. The topological polar surface area (TPSA) is 67.3 Å². The molecule has 2 aromatic rings. The van der Waals surface area contributed by atoms with E-state index in [-0.39, 0.29) is 25.6 Å². The largest absolute Gasteiger partial charge is 0.445 e. The van der Waals surface area contributed by atoms with E-state index in [0.717, 1.165) is 16.0 Å². The van der Waals surface area contributed by atoms with Gasteiger partial charge in [-0.1, -0.05) is 24.3 Å². The van der Waals surface area contributed by atoms with E-state index in [0.29, 0.717) is 18.7 Å². The van der Waals surface area contributed by atoms with Crippen LogP contribution in [0.2, 0.25) is 0 Å². The molecule has 0 radical (unpaired) electrons. The number of piperidine rings is 1. The fraction of sp³-hybridized carbons (Fsp3) is 0.450. The van der Waals surface area contributed by atoms with Crippen molar-refractivity contribution in [1.29, 1.82) is 0 Å². The maximum Gasteiger partial charge on any atom is 0.410 e. The molecule has 148 valence electrons. The minimum Gasteiger partial charge on any atom is -0.445 e. The Balaban J connectivity index is 1.30. The Labute approximate surface area is 161 Å². The minimum atomic E-state index is -2.99. The molecule has 28 heavy (non-hydrogen) atoms. The highest BCUT2D eigenvalue weighted by atomic mass is 19.3. The Hall–Kier alpha value is -2.77. The number of aromatic nitrogens is 2. The molecule has 1 aromatic carbocycles. The average molecular weight is 388 g/mol. The van der Waals surface area contributed by atoms with Gasteiger partial charge in [0.2, 0.25) is 0 Å². The summed E-state index contributed by atoms with van der Waals surface area (Å²) in [5.41, 5.74) is 2.31. The molecular weight excluding hydrogens is 366 g/mol. The van der Waals surface area contributed by atoms with Crippen molar-refractivity contribution in [2.45, 2.75) is 31.3 Å². The lowest BCUT2D eigenvalue weighted by Crippen LogP contribution is -2.53. The summed E-state index contributed by atoms with van der Waals surface area (Å²) in [5.74, 6) is -3.36. The van der Waals surface area contributed by atoms with E-state index in [4.69, 9.17) is 4.74 Å².